The minimum absolute atomic E-state index is 0.0203. The zero-order valence-electron chi connectivity index (χ0n) is 22.9. The number of nitrogens with zero attached hydrogens (tertiary/aromatic N) is 2. The maximum absolute atomic E-state index is 13.9. The Morgan fingerprint density at radius 2 is 1.61 bits per heavy atom. The van der Waals surface area contributed by atoms with Crippen molar-refractivity contribution < 1.29 is 45.8 Å². The van der Waals surface area contributed by atoms with Gasteiger partial charge in [-0.1, -0.05) is 30.3 Å². The zero-order valence-corrected chi connectivity index (χ0v) is 23.8. The second kappa shape index (κ2) is 14.1. The Hall–Kier alpha value is -4.78. The number of carbonyl (C=O) groups is 3. The summed E-state index contributed by atoms with van der Waals surface area (Å²) in [6, 6.07) is 18.3. The molecule has 0 saturated heterocycles. The summed E-state index contributed by atoms with van der Waals surface area (Å²) >= 11 is 1.28. The molecule has 4 aromatic rings. The highest BCUT2D eigenvalue weighted by Gasteiger charge is 2.42. The van der Waals surface area contributed by atoms with E-state index in [0.29, 0.717) is 32.9 Å². The standard InChI is InChI=1S/C31H23F5N2O5S/c1-44-27-14-26(33)25(32)13-24(27)21-7-9-23(10-8-21)42-18-19-4-2-6-22(12-19)29(40)38(16-20-5-3-11-37-15-20)17-28(39)43-30(41)31(34,35)36/h2-15H,16-18H2,1H3. The highest BCUT2D eigenvalue weighted by Crippen LogP contribution is 2.33. The molecule has 0 fully saturated rings. The lowest BCUT2D eigenvalue weighted by atomic mass is 10.1. The monoisotopic (exact) mass is 630 g/mol. The molecule has 0 bridgehead atoms. The van der Waals surface area contributed by atoms with Crippen molar-refractivity contribution in [2.45, 2.75) is 24.2 Å². The van der Waals surface area contributed by atoms with Crippen LogP contribution in [0.25, 0.3) is 11.1 Å². The van der Waals surface area contributed by atoms with Crippen LogP contribution in [0, 0.1) is 11.6 Å². The molecule has 0 atom stereocenters. The topological polar surface area (TPSA) is 85.8 Å². The molecule has 0 spiro atoms. The van der Waals surface area contributed by atoms with E-state index >= 15 is 0 Å². The predicted octanol–water partition coefficient (Wildman–Crippen LogP) is 6.60. The number of hydrogen-bond donors (Lipinski definition) is 0. The van der Waals surface area contributed by atoms with Gasteiger partial charge in [0.25, 0.3) is 5.91 Å². The normalized spacial score (nSPS) is 11.1. The fourth-order valence-corrected chi connectivity index (χ4v) is 4.68. The van der Waals surface area contributed by atoms with Gasteiger partial charge in [-0.3, -0.25) is 9.78 Å². The van der Waals surface area contributed by atoms with E-state index in [-0.39, 0.29) is 18.7 Å². The molecule has 3 aromatic carbocycles. The first-order valence-electron chi connectivity index (χ1n) is 12.8. The van der Waals surface area contributed by atoms with E-state index in [0.717, 1.165) is 17.0 Å². The highest BCUT2D eigenvalue weighted by atomic mass is 32.2. The maximum Gasteiger partial charge on any atom is 0.491 e. The van der Waals surface area contributed by atoms with Gasteiger partial charge in [0.05, 0.1) is 0 Å². The third kappa shape index (κ3) is 8.40. The van der Waals surface area contributed by atoms with E-state index in [4.69, 9.17) is 4.74 Å². The van der Waals surface area contributed by atoms with Crippen molar-refractivity contribution in [1.29, 1.82) is 0 Å². The van der Waals surface area contributed by atoms with Crippen LogP contribution in [0.1, 0.15) is 21.5 Å². The molecule has 228 valence electrons. The molecule has 0 aliphatic heterocycles. The summed E-state index contributed by atoms with van der Waals surface area (Å²) in [5, 5.41) is 0. The summed E-state index contributed by atoms with van der Waals surface area (Å²) in [6.07, 6.45) is -0.729. The third-order valence-electron chi connectivity index (χ3n) is 6.13. The van der Waals surface area contributed by atoms with E-state index in [1.165, 1.54) is 36.3 Å². The molecule has 44 heavy (non-hydrogen) atoms. The number of thioether (sulfide) groups is 1. The second-order valence-corrected chi connectivity index (χ2v) is 10.1. The predicted molar refractivity (Wildman–Crippen MR) is 150 cm³/mol. The van der Waals surface area contributed by atoms with Crippen molar-refractivity contribution >= 4 is 29.6 Å². The lowest BCUT2D eigenvalue weighted by molar-refractivity contribution is -0.202. The number of halogens is 5. The van der Waals surface area contributed by atoms with Crippen LogP contribution in [-0.4, -0.2) is 46.7 Å². The van der Waals surface area contributed by atoms with Crippen molar-refractivity contribution in [3.8, 4) is 16.9 Å². The molecular formula is C31H23F5N2O5S. The van der Waals surface area contributed by atoms with Gasteiger partial charge in [0.1, 0.15) is 18.9 Å². The molecule has 1 amide bonds. The molecule has 0 saturated carbocycles. The van der Waals surface area contributed by atoms with Gasteiger partial charge in [0, 0.05) is 29.4 Å². The number of ether oxygens (including phenoxy) is 2. The summed E-state index contributed by atoms with van der Waals surface area (Å²) in [5.74, 6) is -6.39. The van der Waals surface area contributed by atoms with Gasteiger partial charge in [0.2, 0.25) is 0 Å². The fraction of sp³-hybridized carbons (Fsp3) is 0.161. The van der Waals surface area contributed by atoms with Crippen LogP contribution in [0.5, 0.6) is 5.75 Å². The van der Waals surface area contributed by atoms with Crippen molar-refractivity contribution in [2.24, 2.45) is 0 Å². The average molecular weight is 631 g/mol. The van der Waals surface area contributed by atoms with Crippen molar-refractivity contribution in [3.05, 3.63) is 114 Å². The maximum atomic E-state index is 13.9. The summed E-state index contributed by atoms with van der Waals surface area (Å²) in [5.41, 5.74) is 2.31. The number of alkyl halides is 3. The molecule has 1 aromatic heterocycles. The Balaban J connectivity index is 1.47. The Kier molecular flexibility index (Phi) is 10.3. The van der Waals surface area contributed by atoms with Gasteiger partial charge in [-0.15, -0.1) is 11.8 Å². The fourth-order valence-electron chi connectivity index (χ4n) is 4.06. The number of benzene rings is 3. The first-order valence-corrected chi connectivity index (χ1v) is 14.0. The minimum Gasteiger partial charge on any atom is -0.489 e. The molecule has 1 heterocycles. The van der Waals surface area contributed by atoms with Gasteiger partial charge in [-0.05, 0) is 71.0 Å². The van der Waals surface area contributed by atoms with Gasteiger partial charge < -0.3 is 14.4 Å². The first kappa shape index (κ1) is 32.1. The van der Waals surface area contributed by atoms with Crippen LogP contribution in [-0.2, 0) is 27.5 Å². The minimum atomic E-state index is -5.38. The summed E-state index contributed by atoms with van der Waals surface area (Å²) in [7, 11) is 0. The van der Waals surface area contributed by atoms with Crippen LogP contribution >= 0.6 is 11.8 Å². The Bertz CT molecular complexity index is 1650. The molecule has 0 unspecified atom stereocenters. The Morgan fingerprint density at radius 1 is 0.909 bits per heavy atom. The lowest BCUT2D eigenvalue weighted by Crippen LogP contribution is -2.38. The molecule has 0 radical (unpaired) electrons. The number of amides is 1. The SMILES string of the molecule is CSc1cc(F)c(F)cc1-c1ccc(OCc2cccc(C(=O)N(CC(=O)OC(=O)C(F)(F)F)Cc3cccnc3)c2)cc1. The van der Waals surface area contributed by atoms with Crippen LogP contribution in [0.15, 0.2) is 90.1 Å². The molecule has 4 rings (SSSR count). The van der Waals surface area contributed by atoms with Gasteiger partial charge in [-0.25, -0.2) is 18.4 Å². The van der Waals surface area contributed by atoms with Crippen LogP contribution in [0.4, 0.5) is 22.0 Å². The lowest BCUT2D eigenvalue weighted by Gasteiger charge is -2.22. The van der Waals surface area contributed by atoms with E-state index in [1.807, 2.05) is 0 Å². The van der Waals surface area contributed by atoms with Crippen molar-refractivity contribution in [2.75, 3.05) is 12.8 Å². The largest absolute Gasteiger partial charge is 0.491 e. The van der Waals surface area contributed by atoms with E-state index < -0.39 is 42.2 Å². The van der Waals surface area contributed by atoms with Crippen LogP contribution in [0.3, 0.4) is 0 Å². The molecule has 0 aliphatic carbocycles. The molecule has 7 nitrogen and oxygen atoms in total. The number of rotatable bonds is 10. The summed E-state index contributed by atoms with van der Waals surface area (Å²) < 4.78 is 74.9. The number of esters is 2. The smallest absolute Gasteiger partial charge is 0.489 e. The summed E-state index contributed by atoms with van der Waals surface area (Å²) in [4.78, 5) is 42.0. The molecule has 0 N–H and O–H groups in total. The molecule has 0 aliphatic rings. The Morgan fingerprint density at radius 3 is 2.27 bits per heavy atom. The average Bonchev–Trinajstić information content (AvgIpc) is 3.01. The summed E-state index contributed by atoms with van der Waals surface area (Å²) in [6.45, 7) is -1.11. The number of aromatic nitrogens is 1. The zero-order chi connectivity index (χ0) is 31.9. The van der Waals surface area contributed by atoms with Crippen LogP contribution < -0.4 is 4.74 Å². The van der Waals surface area contributed by atoms with E-state index in [1.54, 1.807) is 54.8 Å². The van der Waals surface area contributed by atoms with E-state index in [2.05, 4.69) is 9.72 Å². The van der Waals surface area contributed by atoms with Gasteiger partial charge in [-0.2, -0.15) is 13.2 Å². The highest BCUT2D eigenvalue weighted by molar-refractivity contribution is 7.98. The molecular weight excluding hydrogens is 607 g/mol. The van der Waals surface area contributed by atoms with Crippen LogP contribution in [0.2, 0.25) is 0 Å². The van der Waals surface area contributed by atoms with Crippen molar-refractivity contribution in [1.82, 2.24) is 9.88 Å². The van der Waals surface area contributed by atoms with Gasteiger partial charge >= 0.3 is 18.1 Å². The van der Waals surface area contributed by atoms with Gasteiger partial charge in [0.15, 0.2) is 11.6 Å². The number of pyridine rings is 1. The second-order valence-electron chi connectivity index (χ2n) is 9.26. The van der Waals surface area contributed by atoms with Crippen molar-refractivity contribution in [3.63, 3.8) is 0 Å². The third-order valence-corrected chi connectivity index (χ3v) is 6.91. The first-order chi connectivity index (χ1) is 20.9. The number of hydrogen-bond acceptors (Lipinski definition) is 7. The van der Waals surface area contributed by atoms with E-state index in [9.17, 15) is 36.3 Å². The molecule has 13 heteroatoms. The quantitative estimate of drug-likeness (QED) is 0.0845. The Labute approximate surface area is 252 Å². The number of carbonyl (C=O) groups excluding carboxylic acids is 3.